The molecule has 1 aliphatic heterocycles. The van der Waals surface area contributed by atoms with Crippen LogP contribution in [0.2, 0.25) is 0 Å². The second-order valence-electron chi connectivity index (χ2n) is 7.49. The van der Waals surface area contributed by atoms with Gasteiger partial charge in [-0.3, -0.25) is 4.79 Å². The average molecular weight is 374 g/mol. The zero-order chi connectivity index (χ0) is 19.8. The van der Waals surface area contributed by atoms with Crippen LogP contribution in [0.5, 0.6) is 11.5 Å². The van der Waals surface area contributed by atoms with Crippen molar-refractivity contribution in [2.45, 2.75) is 45.4 Å². The summed E-state index contributed by atoms with van der Waals surface area (Å²) < 4.78 is 18.5. The average Bonchev–Trinajstić information content (AvgIpc) is 3.03. The summed E-state index contributed by atoms with van der Waals surface area (Å²) in [6.07, 6.45) is -0.471. The number of morpholine rings is 1. The van der Waals surface area contributed by atoms with Crippen LogP contribution in [0, 0.1) is 6.92 Å². The lowest BCUT2D eigenvalue weighted by Crippen LogP contribution is -2.43. The first-order valence-electron chi connectivity index (χ1n) is 8.81. The molecule has 8 heteroatoms. The minimum atomic E-state index is -0.471. The topological polar surface area (TPSA) is 87.5 Å². The van der Waals surface area contributed by atoms with Gasteiger partial charge in [0, 0.05) is 0 Å². The third kappa shape index (κ3) is 3.75. The molecule has 0 aliphatic carbocycles. The molecule has 1 N–H and O–H groups in total. The molecule has 0 bridgehead atoms. The Morgan fingerprint density at radius 2 is 1.93 bits per heavy atom. The van der Waals surface area contributed by atoms with Crippen LogP contribution in [0.1, 0.15) is 50.1 Å². The lowest BCUT2D eigenvalue weighted by molar-refractivity contribution is -0.138. The van der Waals surface area contributed by atoms with E-state index in [0.717, 1.165) is 5.56 Å². The summed E-state index contributed by atoms with van der Waals surface area (Å²) in [5, 5.41) is 7.55. The quantitative estimate of drug-likeness (QED) is 0.883. The molecular weight excluding hydrogens is 348 g/mol. The second-order valence-corrected chi connectivity index (χ2v) is 7.49. The highest BCUT2D eigenvalue weighted by Gasteiger charge is 2.37. The summed E-state index contributed by atoms with van der Waals surface area (Å²) in [5.74, 6) is 2.37. The van der Waals surface area contributed by atoms with E-state index in [1.165, 1.54) is 0 Å². The van der Waals surface area contributed by atoms with E-state index >= 15 is 0 Å². The van der Waals surface area contributed by atoms with Gasteiger partial charge in [0.1, 0.15) is 18.5 Å². The Bertz CT molecular complexity index is 841. The first-order valence-corrected chi connectivity index (χ1v) is 8.81. The Morgan fingerprint density at radius 1 is 1.22 bits per heavy atom. The Balaban J connectivity index is 2.06. The van der Waals surface area contributed by atoms with Gasteiger partial charge in [0.05, 0.1) is 25.8 Å². The highest BCUT2D eigenvalue weighted by Crippen LogP contribution is 2.38. The number of nitrogens with one attached hydrogen (secondary N) is 1. The van der Waals surface area contributed by atoms with Crippen LogP contribution in [0.3, 0.4) is 0 Å². The van der Waals surface area contributed by atoms with E-state index in [9.17, 15) is 4.79 Å². The third-order valence-corrected chi connectivity index (χ3v) is 4.41. The molecule has 1 fully saturated rings. The summed E-state index contributed by atoms with van der Waals surface area (Å²) in [4.78, 5) is 16.7. The molecule has 0 spiro atoms. The zero-order valence-electron chi connectivity index (χ0n) is 16.6. The van der Waals surface area contributed by atoms with Crippen molar-refractivity contribution in [1.29, 1.82) is 0 Å². The fourth-order valence-corrected chi connectivity index (χ4v) is 3.19. The number of rotatable bonds is 4. The number of nitrogens with zero attached hydrogens (tertiary/aromatic N) is 3. The third-order valence-electron chi connectivity index (χ3n) is 4.41. The molecule has 1 saturated heterocycles. The number of benzene rings is 1. The van der Waals surface area contributed by atoms with Gasteiger partial charge in [0.2, 0.25) is 5.91 Å². The Kier molecular flexibility index (Phi) is 5.10. The Labute approximate surface area is 158 Å². The lowest BCUT2D eigenvalue weighted by Gasteiger charge is -2.34. The number of amides is 1. The van der Waals surface area contributed by atoms with Gasteiger partial charge in [-0.05, 0) is 45.4 Å². The largest absolute Gasteiger partial charge is 0.493 e. The predicted molar refractivity (Wildman–Crippen MR) is 98.9 cm³/mol. The molecule has 1 aliphatic rings. The van der Waals surface area contributed by atoms with Gasteiger partial charge in [-0.2, -0.15) is 5.10 Å². The SMILES string of the molecule is COc1ccc([C@H]2NC(=O)CO[C@@H]2c2nc(C)nn2C(C)(C)C)cc1OC. The van der Waals surface area contributed by atoms with Gasteiger partial charge >= 0.3 is 0 Å². The molecular formula is C19H26N4O4. The van der Waals surface area contributed by atoms with Crippen molar-refractivity contribution in [1.82, 2.24) is 20.1 Å². The van der Waals surface area contributed by atoms with E-state index in [1.54, 1.807) is 14.2 Å². The van der Waals surface area contributed by atoms with Crippen molar-refractivity contribution in [3.8, 4) is 11.5 Å². The van der Waals surface area contributed by atoms with Gasteiger partial charge in [-0.1, -0.05) is 6.07 Å². The summed E-state index contributed by atoms with van der Waals surface area (Å²) in [5.41, 5.74) is 0.565. The molecule has 1 amide bonds. The van der Waals surface area contributed by atoms with Crippen molar-refractivity contribution in [3.05, 3.63) is 35.4 Å². The molecule has 3 rings (SSSR count). The standard InChI is InChI=1S/C19H26N4O4/c1-11-20-18(23(22-11)19(2,3)4)17-16(21-15(24)10-27-17)12-7-8-13(25-5)14(9-12)26-6/h7-9,16-17H,10H2,1-6H3,(H,21,24)/t16-,17+/m1/s1. The second kappa shape index (κ2) is 7.19. The number of hydrogen-bond donors (Lipinski definition) is 1. The van der Waals surface area contributed by atoms with Crippen LogP contribution in [-0.4, -0.2) is 41.5 Å². The van der Waals surface area contributed by atoms with E-state index in [2.05, 4.69) is 36.2 Å². The van der Waals surface area contributed by atoms with Crippen molar-refractivity contribution in [2.75, 3.05) is 20.8 Å². The van der Waals surface area contributed by atoms with E-state index in [1.807, 2.05) is 29.8 Å². The van der Waals surface area contributed by atoms with Crippen molar-refractivity contribution in [2.24, 2.45) is 0 Å². The number of ether oxygens (including phenoxy) is 3. The van der Waals surface area contributed by atoms with E-state index < -0.39 is 12.1 Å². The van der Waals surface area contributed by atoms with E-state index in [-0.39, 0.29) is 18.1 Å². The molecule has 0 radical (unpaired) electrons. The smallest absolute Gasteiger partial charge is 0.246 e. The molecule has 2 atom stereocenters. The minimum Gasteiger partial charge on any atom is -0.493 e. The van der Waals surface area contributed by atoms with Crippen LogP contribution in [-0.2, 0) is 15.1 Å². The summed E-state index contributed by atoms with van der Waals surface area (Å²) >= 11 is 0. The highest BCUT2D eigenvalue weighted by atomic mass is 16.5. The van der Waals surface area contributed by atoms with Gasteiger partial charge in [0.25, 0.3) is 0 Å². The molecule has 1 aromatic carbocycles. The predicted octanol–water partition coefficient (Wildman–Crippen LogP) is 2.29. The maximum Gasteiger partial charge on any atom is 0.246 e. The monoisotopic (exact) mass is 374 g/mol. The van der Waals surface area contributed by atoms with Gasteiger partial charge < -0.3 is 19.5 Å². The minimum absolute atomic E-state index is 0.0233. The first kappa shape index (κ1) is 19.2. The Hall–Kier alpha value is -2.61. The molecule has 0 unspecified atom stereocenters. The Morgan fingerprint density at radius 3 is 2.56 bits per heavy atom. The van der Waals surface area contributed by atoms with Crippen LogP contribution >= 0.6 is 0 Å². The van der Waals surface area contributed by atoms with Crippen molar-refractivity contribution in [3.63, 3.8) is 0 Å². The fourth-order valence-electron chi connectivity index (χ4n) is 3.19. The zero-order valence-corrected chi connectivity index (χ0v) is 16.6. The molecule has 1 aromatic heterocycles. The van der Waals surface area contributed by atoms with Gasteiger partial charge in [-0.25, -0.2) is 9.67 Å². The number of methoxy groups -OCH3 is 2. The first-order chi connectivity index (χ1) is 12.7. The number of carbonyl (C=O) groups excluding carboxylic acids is 1. The number of aromatic nitrogens is 3. The van der Waals surface area contributed by atoms with Crippen LogP contribution in [0.4, 0.5) is 0 Å². The molecule has 8 nitrogen and oxygen atoms in total. The fraction of sp³-hybridized carbons (Fsp3) is 0.526. The maximum atomic E-state index is 12.1. The molecule has 2 aromatic rings. The van der Waals surface area contributed by atoms with Crippen LogP contribution in [0.25, 0.3) is 0 Å². The summed E-state index contributed by atoms with van der Waals surface area (Å²) in [6.45, 7) is 7.98. The van der Waals surface area contributed by atoms with Gasteiger partial charge in [-0.15, -0.1) is 0 Å². The van der Waals surface area contributed by atoms with E-state index in [4.69, 9.17) is 14.2 Å². The molecule has 0 saturated carbocycles. The van der Waals surface area contributed by atoms with Gasteiger partial charge in [0.15, 0.2) is 17.3 Å². The summed E-state index contributed by atoms with van der Waals surface area (Å²) in [6, 6.07) is 5.12. The molecule has 27 heavy (non-hydrogen) atoms. The van der Waals surface area contributed by atoms with Crippen LogP contribution < -0.4 is 14.8 Å². The maximum absolute atomic E-state index is 12.1. The number of carbonyl (C=O) groups is 1. The van der Waals surface area contributed by atoms with E-state index in [0.29, 0.717) is 23.1 Å². The van der Waals surface area contributed by atoms with Crippen molar-refractivity contribution >= 4 is 5.91 Å². The van der Waals surface area contributed by atoms with Crippen molar-refractivity contribution < 1.29 is 19.0 Å². The lowest BCUT2D eigenvalue weighted by atomic mass is 9.97. The normalized spacial score (nSPS) is 20.3. The summed E-state index contributed by atoms with van der Waals surface area (Å²) in [7, 11) is 3.16. The molecule has 146 valence electrons. The number of hydrogen-bond acceptors (Lipinski definition) is 6. The highest BCUT2D eigenvalue weighted by molar-refractivity contribution is 5.78. The molecule has 2 heterocycles. The number of aryl methyl sites for hydroxylation is 1. The van der Waals surface area contributed by atoms with Crippen LogP contribution in [0.15, 0.2) is 18.2 Å².